The number of nitrogens with one attached hydrogen (secondary N) is 1. The van der Waals surface area contributed by atoms with Gasteiger partial charge in [-0.3, -0.25) is 4.79 Å². The van der Waals surface area contributed by atoms with Crippen molar-refractivity contribution >= 4 is 17.8 Å². The monoisotopic (exact) mass is 445 g/mol. The summed E-state index contributed by atoms with van der Waals surface area (Å²) in [7, 11) is 1.43. The van der Waals surface area contributed by atoms with Gasteiger partial charge in [0.1, 0.15) is 18.4 Å². The molecule has 0 aromatic heterocycles. The normalized spacial score (nSPS) is 12.9. The first kappa shape index (κ1) is 22.1. The number of alkyl carbamates (subject to hydrolysis) is 1. The second-order valence-corrected chi connectivity index (χ2v) is 7.69. The third kappa shape index (κ3) is 4.57. The third-order valence-corrected chi connectivity index (χ3v) is 5.73. The zero-order valence-electron chi connectivity index (χ0n) is 18.0. The summed E-state index contributed by atoms with van der Waals surface area (Å²) in [5, 5.41) is 11.8. The number of carbonyl (C=O) groups is 3. The number of amides is 1. The van der Waals surface area contributed by atoms with Gasteiger partial charge >= 0.3 is 12.1 Å². The average Bonchev–Trinajstić information content (AvgIpc) is 3.16. The van der Waals surface area contributed by atoms with Crippen molar-refractivity contribution in [1.82, 2.24) is 5.32 Å². The van der Waals surface area contributed by atoms with Gasteiger partial charge in [0, 0.05) is 12.3 Å². The second kappa shape index (κ2) is 9.56. The standard InChI is InChI=1S/C26H23NO6/c1-32-24-13-7-6-12-20(24)23(28)14-22(25(29)30)27-26(31)33-15-21-18-10-4-2-8-16(18)17-9-3-5-11-19(17)21/h2-13,21-22H,14-15H2,1H3,(H,27,31)(H,29,30). The third-order valence-electron chi connectivity index (χ3n) is 5.73. The van der Waals surface area contributed by atoms with Crippen LogP contribution in [0.2, 0.25) is 0 Å². The number of ether oxygens (including phenoxy) is 2. The van der Waals surface area contributed by atoms with Crippen LogP contribution in [0.5, 0.6) is 5.75 Å². The molecule has 4 rings (SSSR count). The molecule has 7 nitrogen and oxygen atoms in total. The lowest BCUT2D eigenvalue weighted by Crippen LogP contribution is -2.42. The number of methoxy groups -OCH3 is 1. The molecule has 0 aliphatic heterocycles. The average molecular weight is 445 g/mol. The SMILES string of the molecule is COc1ccccc1C(=O)CC(NC(=O)OCC1c2ccccc2-c2ccccc21)C(=O)O. The molecule has 0 radical (unpaired) electrons. The molecule has 1 amide bonds. The number of Topliss-reactive ketones (excluding diaryl/α,β-unsaturated/α-hetero) is 1. The summed E-state index contributed by atoms with van der Waals surface area (Å²) in [6.07, 6.45) is -1.32. The van der Waals surface area contributed by atoms with E-state index in [1.165, 1.54) is 7.11 Å². The molecule has 1 atom stereocenters. The Balaban J connectivity index is 1.42. The van der Waals surface area contributed by atoms with Gasteiger partial charge in [-0.2, -0.15) is 0 Å². The summed E-state index contributed by atoms with van der Waals surface area (Å²) in [6, 6.07) is 20.9. The molecule has 0 spiro atoms. The highest BCUT2D eigenvalue weighted by Crippen LogP contribution is 2.44. The lowest BCUT2D eigenvalue weighted by Gasteiger charge is -2.17. The fourth-order valence-electron chi connectivity index (χ4n) is 4.15. The fraction of sp³-hybridized carbons (Fsp3) is 0.192. The first-order chi connectivity index (χ1) is 16.0. The molecule has 168 valence electrons. The van der Waals surface area contributed by atoms with Gasteiger partial charge in [0.25, 0.3) is 0 Å². The van der Waals surface area contributed by atoms with E-state index in [4.69, 9.17) is 9.47 Å². The van der Waals surface area contributed by atoms with Crippen LogP contribution < -0.4 is 10.1 Å². The smallest absolute Gasteiger partial charge is 0.407 e. The maximum Gasteiger partial charge on any atom is 0.407 e. The van der Waals surface area contributed by atoms with Gasteiger partial charge < -0.3 is 19.9 Å². The molecule has 0 saturated heterocycles. The van der Waals surface area contributed by atoms with E-state index < -0.39 is 30.3 Å². The minimum atomic E-state index is -1.43. The lowest BCUT2D eigenvalue weighted by atomic mass is 9.98. The number of carbonyl (C=O) groups excluding carboxylic acids is 2. The van der Waals surface area contributed by atoms with Gasteiger partial charge in [0.05, 0.1) is 12.7 Å². The predicted octanol–water partition coefficient (Wildman–Crippen LogP) is 4.26. The topological polar surface area (TPSA) is 102 Å². The summed E-state index contributed by atoms with van der Waals surface area (Å²) < 4.78 is 10.6. The number of rotatable bonds is 8. The summed E-state index contributed by atoms with van der Waals surface area (Å²) in [5.41, 5.74) is 4.53. The number of fused-ring (bicyclic) bond motifs is 3. The number of benzene rings is 3. The van der Waals surface area contributed by atoms with Crippen LogP contribution in [0.4, 0.5) is 4.79 Å². The Morgan fingerprint density at radius 1 is 0.909 bits per heavy atom. The predicted molar refractivity (Wildman–Crippen MR) is 122 cm³/mol. The van der Waals surface area contributed by atoms with Gasteiger partial charge in [0.2, 0.25) is 0 Å². The van der Waals surface area contributed by atoms with Crippen LogP contribution in [-0.2, 0) is 9.53 Å². The van der Waals surface area contributed by atoms with Crippen molar-refractivity contribution in [2.45, 2.75) is 18.4 Å². The van der Waals surface area contributed by atoms with Crippen LogP contribution in [0.25, 0.3) is 11.1 Å². The van der Waals surface area contributed by atoms with E-state index in [0.717, 1.165) is 22.3 Å². The molecule has 1 aliphatic rings. The minimum Gasteiger partial charge on any atom is -0.496 e. The maximum atomic E-state index is 12.6. The van der Waals surface area contributed by atoms with Crippen LogP contribution in [0.3, 0.4) is 0 Å². The van der Waals surface area contributed by atoms with Crippen LogP contribution >= 0.6 is 0 Å². The van der Waals surface area contributed by atoms with Crippen LogP contribution in [-0.4, -0.2) is 42.7 Å². The van der Waals surface area contributed by atoms with Crippen molar-refractivity contribution in [2.75, 3.05) is 13.7 Å². The molecule has 1 unspecified atom stereocenters. The summed E-state index contributed by atoms with van der Waals surface area (Å²) in [6.45, 7) is 0.0483. The number of ketones is 1. The molecule has 2 N–H and O–H groups in total. The Morgan fingerprint density at radius 3 is 2.09 bits per heavy atom. The summed E-state index contributed by atoms with van der Waals surface area (Å²) >= 11 is 0. The maximum absolute atomic E-state index is 12.6. The number of carboxylic acid groups (broad SMARTS) is 1. The minimum absolute atomic E-state index is 0.0483. The van der Waals surface area contributed by atoms with Crippen LogP contribution in [0, 0.1) is 0 Å². The first-order valence-corrected chi connectivity index (χ1v) is 10.5. The summed E-state index contributed by atoms with van der Waals surface area (Å²) in [4.78, 5) is 36.8. The molecule has 3 aromatic carbocycles. The molecule has 0 bridgehead atoms. The van der Waals surface area contributed by atoms with Crippen LogP contribution in [0.15, 0.2) is 72.8 Å². The van der Waals surface area contributed by atoms with Crippen molar-refractivity contribution in [3.05, 3.63) is 89.5 Å². The molecule has 7 heteroatoms. The van der Waals surface area contributed by atoms with Crippen molar-refractivity contribution < 1.29 is 29.0 Å². The molecule has 1 aliphatic carbocycles. The van der Waals surface area contributed by atoms with Gasteiger partial charge in [-0.25, -0.2) is 9.59 Å². The van der Waals surface area contributed by atoms with Crippen molar-refractivity contribution in [3.8, 4) is 16.9 Å². The first-order valence-electron chi connectivity index (χ1n) is 10.5. The van der Waals surface area contributed by atoms with Crippen molar-refractivity contribution in [2.24, 2.45) is 0 Å². The Labute approximate surface area is 191 Å². The van der Waals surface area contributed by atoms with E-state index in [1.807, 2.05) is 48.5 Å². The zero-order valence-corrected chi connectivity index (χ0v) is 18.0. The van der Waals surface area contributed by atoms with Gasteiger partial charge in [-0.1, -0.05) is 60.7 Å². The summed E-state index contributed by atoms with van der Waals surface area (Å²) in [5.74, 6) is -1.60. The number of carboxylic acids is 1. The number of aliphatic carboxylic acids is 1. The van der Waals surface area contributed by atoms with E-state index in [0.29, 0.717) is 5.75 Å². The van der Waals surface area contributed by atoms with E-state index in [1.54, 1.807) is 24.3 Å². The Bertz CT molecular complexity index is 1160. The Morgan fingerprint density at radius 2 is 1.48 bits per heavy atom. The number of hydrogen-bond acceptors (Lipinski definition) is 5. The van der Waals surface area contributed by atoms with E-state index in [-0.39, 0.29) is 18.1 Å². The lowest BCUT2D eigenvalue weighted by molar-refractivity contribution is -0.139. The van der Waals surface area contributed by atoms with E-state index in [9.17, 15) is 19.5 Å². The molecule has 33 heavy (non-hydrogen) atoms. The van der Waals surface area contributed by atoms with Gasteiger partial charge in [-0.15, -0.1) is 0 Å². The molecular weight excluding hydrogens is 422 g/mol. The zero-order chi connectivity index (χ0) is 23.4. The Kier molecular flexibility index (Phi) is 6.40. The number of para-hydroxylation sites is 1. The highest BCUT2D eigenvalue weighted by molar-refractivity contribution is 6.01. The largest absolute Gasteiger partial charge is 0.496 e. The van der Waals surface area contributed by atoms with Crippen molar-refractivity contribution in [3.63, 3.8) is 0 Å². The highest BCUT2D eigenvalue weighted by atomic mass is 16.5. The van der Waals surface area contributed by atoms with Gasteiger partial charge in [-0.05, 0) is 34.4 Å². The molecule has 3 aromatic rings. The highest BCUT2D eigenvalue weighted by Gasteiger charge is 2.30. The molecular formula is C26H23NO6. The number of hydrogen-bond donors (Lipinski definition) is 2. The Hall–Kier alpha value is -4.13. The quantitative estimate of drug-likeness (QED) is 0.503. The van der Waals surface area contributed by atoms with Crippen LogP contribution in [0.1, 0.15) is 33.8 Å². The van der Waals surface area contributed by atoms with Gasteiger partial charge in [0.15, 0.2) is 5.78 Å². The second-order valence-electron chi connectivity index (χ2n) is 7.69. The molecule has 0 saturated carbocycles. The molecule has 0 heterocycles. The van der Waals surface area contributed by atoms with Crippen molar-refractivity contribution in [1.29, 1.82) is 0 Å². The fourth-order valence-corrected chi connectivity index (χ4v) is 4.15. The molecule has 0 fully saturated rings. The van der Waals surface area contributed by atoms with E-state index in [2.05, 4.69) is 5.32 Å². The van der Waals surface area contributed by atoms with E-state index >= 15 is 0 Å².